The van der Waals surface area contributed by atoms with Gasteiger partial charge < -0.3 is 14.7 Å². The van der Waals surface area contributed by atoms with Crippen LogP contribution in [0.4, 0.5) is 8.78 Å². The molecule has 0 bridgehead atoms. The maximum atomic E-state index is 14.4. The van der Waals surface area contributed by atoms with E-state index >= 15 is 0 Å². The number of likely N-dealkylation sites (tertiary alicyclic amines) is 1. The molecule has 0 aromatic rings. The highest BCUT2D eigenvalue weighted by atomic mass is 19.3. The van der Waals surface area contributed by atoms with E-state index in [0.717, 1.165) is 4.90 Å². The van der Waals surface area contributed by atoms with Crippen molar-refractivity contribution >= 4 is 11.9 Å². The van der Waals surface area contributed by atoms with Gasteiger partial charge in [0.2, 0.25) is 0 Å². The zero-order chi connectivity index (χ0) is 16.9. The highest BCUT2D eigenvalue weighted by Gasteiger charge is 2.63. The molecule has 3 rings (SSSR count). The first-order valence-corrected chi connectivity index (χ1v) is 8.23. The summed E-state index contributed by atoms with van der Waals surface area (Å²) in [7, 11) is 1.34. The van der Waals surface area contributed by atoms with E-state index < -0.39 is 17.4 Å². The number of amides is 1. The van der Waals surface area contributed by atoms with Gasteiger partial charge in [0.25, 0.3) is 5.91 Å². The minimum Gasteiger partial charge on any atom is -0.469 e. The number of halogens is 2. The first-order valence-electron chi connectivity index (χ1n) is 8.23. The molecule has 2 aliphatic carbocycles. The number of esters is 1. The lowest BCUT2D eigenvalue weighted by molar-refractivity contribution is -0.201. The molecule has 23 heavy (non-hydrogen) atoms. The summed E-state index contributed by atoms with van der Waals surface area (Å²) in [4.78, 5) is 25.0. The molecule has 3 fully saturated rings. The molecule has 1 amide bonds. The van der Waals surface area contributed by atoms with Crippen LogP contribution in [0.2, 0.25) is 0 Å². The Morgan fingerprint density at radius 1 is 1.17 bits per heavy atom. The number of hydrogen-bond donors (Lipinski definition) is 1. The van der Waals surface area contributed by atoms with E-state index in [1.54, 1.807) is 0 Å². The minimum absolute atomic E-state index is 0.0338. The van der Waals surface area contributed by atoms with Crippen molar-refractivity contribution in [2.75, 3.05) is 20.2 Å². The topological polar surface area (TPSA) is 66.8 Å². The molecule has 1 spiro atoms. The Balaban J connectivity index is 1.62. The Morgan fingerprint density at radius 2 is 1.74 bits per heavy atom. The number of ether oxygens (including phenoxy) is 1. The summed E-state index contributed by atoms with van der Waals surface area (Å²) in [6.45, 7) is 0.413. The fraction of sp³-hybridized carbons (Fsp3) is 0.875. The van der Waals surface area contributed by atoms with Crippen molar-refractivity contribution < 1.29 is 28.2 Å². The second-order valence-corrected chi connectivity index (χ2v) is 7.25. The van der Waals surface area contributed by atoms with Gasteiger partial charge >= 0.3 is 11.9 Å². The van der Waals surface area contributed by atoms with Crippen LogP contribution < -0.4 is 0 Å². The molecule has 1 N–H and O–H groups in total. The van der Waals surface area contributed by atoms with E-state index in [1.165, 1.54) is 7.11 Å². The van der Waals surface area contributed by atoms with Crippen LogP contribution in [0.5, 0.6) is 0 Å². The number of nitrogens with zero attached hydrogens (tertiary/aromatic N) is 1. The quantitative estimate of drug-likeness (QED) is 0.800. The summed E-state index contributed by atoms with van der Waals surface area (Å²) in [6, 6.07) is 0. The average Bonchev–Trinajstić information content (AvgIpc) is 3.03. The van der Waals surface area contributed by atoms with Gasteiger partial charge in [-0.05, 0) is 37.5 Å². The first kappa shape index (κ1) is 16.6. The van der Waals surface area contributed by atoms with E-state index in [4.69, 9.17) is 4.74 Å². The maximum Gasteiger partial charge on any atom is 0.352 e. The zero-order valence-electron chi connectivity index (χ0n) is 13.3. The lowest BCUT2D eigenvalue weighted by atomic mass is 9.88. The highest BCUT2D eigenvalue weighted by Crippen LogP contribution is 2.60. The van der Waals surface area contributed by atoms with Crippen molar-refractivity contribution in [2.24, 2.45) is 11.3 Å². The van der Waals surface area contributed by atoms with Crippen LogP contribution in [0.15, 0.2) is 0 Å². The SMILES string of the molecule is COC(=O)C1CC12CCN(C(=O)C(F)(F)C1(O)CCCC1)CC2. The molecule has 130 valence electrons. The summed E-state index contributed by atoms with van der Waals surface area (Å²) >= 11 is 0. The summed E-state index contributed by atoms with van der Waals surface area (Å²) in [5.41, 5.74) is -2.38. The summed E-state index contributed by atoms with van der Waals surface area (Å²) in [5, 5.41) is 10.1. The Morgan fingerprint density at radius 3 is 2.26 bits per heavy atom. The fourth-order valence-electron chi connectivity index (χ4n) is 4.20. The molecule has 1 saturated heterocycles. The number of piperidine rings is 1. The highest BCUT2D eigenvalue weighted by molar-refractivity contribution is 5.85. The molecule has 0 aromatic carbocycles. The van der Waals surface area contributed by atoms with E-state index in [-0.39, 0.29) is 43.2 Å². The van der Waals surface area contributed by atoms with Crippen LogP contribution in [0.25, 0.3) is 0 Å². The van der Waals surface area contributed by atoms with Crippen molar-refractivity contribution in [2.45, 2.75) is 56.5 Å². The van der Waals surface area contributed by atoms with E-state index in [2.05, 4.69) is 0 Å². The minimum atomic E-state index is -3.74. The Kier molecular flexibility index (Phi) is 3.90. The van der Waals surface area contributed by atoms with Crippen LogP contribution in [0.3, 0.4) is 0 Å². The number of methoxy groups -OCH3 is 1. The third-order valence-corrected chi connectivity index (χ3v) is 6.01. The van der Waals surface area contributed by atoms with Crippen molar-refractivity contribution in [3.05, 3.63) is 0 Å². The first-order chi connectivity index (χ1) is 10.8. The number of carbonyl (C=O) groups is 2. The second-order valence-electron chi connectivity index (χ2n) is 7.25. The molecule has 0 aromatic heterocycles. The van der Waals surface area contributed by atoms with Crippen molar-refractivity contribution in [3.63, 3.8) is 0 Å². The largest absolute Gasteiger partial charge is 0.469 e. The van der Waals surface area contributed by atoms with Gasteiger partial charge in [0, 0.05) is 13.1 Å². The standard InChI is InChI=1S/C16H23F2NO4/c1-23-12(20)11-10-14(11)6-8-19(9-7-14)13(21)16(17,18)15(22)4-2-3-5-15/h11,22H,2-10H2,1H3. The van der Waals surface area contributed by atoms with Gasteiger partial charge in [0.15, 0.2) is 0 Å². The number of aliphatic hydroxyl groups is 1. The second kappa shape index (κ2) is 5.40. The molecule has 5 nitrogen and oxygen atoms in total. The van der Waals surface area contributed by atoms with Gasteiger partial charge in [-0.25, -0.2) is 0 Å². The molecule has 1 aliphatic heterocycles. The van der Waals surface area contributed by atoms with Crippen LogP contribution in [-0.2, 0) is 14.3 Å². The third-order valence-electron chi connectivity index (χ3n) is 6.01. The predicted octanol–water partition coefficient (Wildman–Crippen LogP) is 1.73. The number of alkyl halides is 2. The van der Waals surface area contributed by atoms with Crippen LogP contribution in [0.1, 0.15) is 44.9 Å². The predicted molar refractivity (Wildman–Crippen MR) is 76.7 cm³/mol. The Hall–Kier alpha value is -1.24. The van der Waals surface area contributed by atoms with E-state index in [9.17, 15) is 23.5 Å². The van der Waals surface area contributed by atoms with Gasteiger partial charge in [0.1, 0.15) is 5.60 Å². The van der Waals surface area contributed by atoms with Gasteiger partial charge in [-0.3, -0.25) is 9.59 Å². The molecule has 1 heterocycles. The summed E-state index contributed by atoms with van der Waals surface area (Å²) in [6.07, 6.45) is 2.75. The molecule has 3 aliphatic rings. The van der Waals surface area contributed by atoms with E-state index in [0.29, 0.717) is 32.1 Å². The van der Waals surface area contributed by atoms with Gasteiger partial charge in [0.05, 0.1) is 13.0 Å². The Bertz CT molecular complexity index is 508. The molecule has 0 radical (unpaired) electrons. The third kappa shape index (κ3) is 2.53. The van der Waals surface area contributed by atoms with Crippen LogP contribution in [0, 0.1) is 11.3 Å². The number of hydrogen-bond acceptors (Lipinski definition) is 4. The lowest BCUT2D eigenvalue weighted by Gasteiger charge is -2.38. The summed E-state index contributed by atoms with van der Waals surface area (Å²) < 4.78 is 33.6. The molecular weight excluding hydrogens is 308 g/mol. The molecule has 1 atom stereocenters. The van der Waals surface area contributed by atoms with Gasteiger partial charge in [-0.15, -0.1) is 0 Å². The van der Waals surface area contributed by atoms with Gasteiger partial charge in [-0.2, -0.15) is 8.78 Å². The van der Waals surface area contributed by atoms with Crippen LogP contribution in [-0.4, -0.2) is 53.6 Å². The smallest absolute Gasteiger partial charge is 0.352 e. The molecule has 2 saturated carbocycles. The van der Waals surface area contributed by atoms with E-state index in [1.807, 2.05) is 0 Å². The summed E-state index contributed by atoms with van der Waals surface area (Å²) in [5.74, 6) is -5.43. The number of rotatable bonds is 3. The normalized spacial score (nSPS) is 28.7. The zero-order valence-corrected chi connectivity index (χ0v) is 13.3. The van der Waals surface area contributed by atoms with Crippen molar-refractivity contribution in [1.82, 2.24) is 4.90 Å². The maximum absolute atomic E-state index is 14.4. The average molecular weight is 331 g/mol. The van der Waals surface area contributed by atoms with Crippen LogP contribution >= 0.6 is 0 Å². The molecular formula is C16H23F2NO4. The fourth-order valence-corrected chi connectivity index (χ4v) is 4.20. The molecule has 7 heteroatoms. The number of carbonyl (C=O) groups excluding carboxylic acids is 2. The Labute approximate surface area is 134 Å². The lowest BCUT2D eigenvalue weighted by Crippen LogP contribution is -2.58. The molecule has 1 unspecified atom stereocenters. The monoisotopic (exact) mass is 331 g/mol. The van der Waals surface area contributed by atoms with Crippen molar-refractivity contribution in [1.29, 1.82) is 0 Å². The van der Waals surface area contributed by atoms with Gasteiger partial charge in [-0.1, -0.05) is 12.8 Å². The van der Waals surface area contributed by atoms with Crippen molar-refractivity contribution in [3.8, 4) is 0 Å².